The fourth-order valence-electron chi connectivity index (χ4n) is 2.14. The lowest BCUT2D eigenvalue weighted by molar-refractivity contribution is 0.186. The van der Waals surface area contributed by atoms with Crippen molar-refractivity contribution >= 4 is 41.1 Å². The minimum atomic E-state index is -0.806. The van der Waals surface area contributed by atoms with Crippen molar-refractivity contribution in [1.29, 1.82) is 0 Å². The van der Waals surface area contributed by atoms with Gasteiger partial charge < -0.3 is 14.2 Å². The zero-order chi connectivity index (χ0) is 11.7. The van der Waals surface area contributed by atoms with Gasteiger partial charge in [-0.3, -0.25) is 0 Å². The molecule has 86 valence electrons. The molecule has 0 spiro atoms. The fourth-order valence-corrected chi connectivity index (χ4v) is 3.11. The topological polar surface area (TPSA) is 38.7 Å². The van der Waals surface area contributed by atoms with E-state index in [2.05, 4.69) is 29.0 Å². The van der Waals surface area contributed by atoms with Crippen LogP contribution in [0.3, 0.4) is 0 Å². The van der Waals surface area contributed by atoms with Crippen molar-refractivity contribution in [3.8, 4) is 5.75 Å². The summed E-state index contributed by atoms with van der Waals surface area (Å²) in [4.78, 5) is 0. The van der Waals surface area contributed by atoms with E-state index in [0.29, 0.717) is 6.45 Å². The van der Waals surface area contributed by atoms with Crippen LogP contribution in [0.4, 0.5) is 0 Å². The lowest BCUT2D eigenvalue weighted by Crippen LogP contribution is -2.28. The molecule has 2 rings (SSSR count). The largest absolute Gasteiger partial charge is 0.492 e. The van der Waals surface area contributed by atoms with Crippen molar-refractivity contribution in [2.45, 2.75) is 26.4 Å². The molecule has 0 bridgehead atoms. The van der Waals surface area contributed by atoms with Crippen LogP contribution in [0.25, 0.3) is 0 Å². The van der Waals surface area contributed by atoms with Crippen molar-refractivity contribution < 1.29 is 14.2 Å². The molecule has 0 saturated carbocycles. The molecule has 0 aromatic heterocycles. The van der Waals surface area contributed by atoms with Crippen molar-refractivity contribution in [1.82, 2.24) is 0 Å². The highest BCUT2D eigenvalue weighted by atomic mass is 127. The molecule has 1 heterocycles. The first-order valence-electron chi connectivity index (χ1n) is 5.17. The van der Waals surface area contributed by atoms with E-state index in [9.17, 15) is 5.02 Å². The monoisotopic (exact) mass is 350 g/mol. The van der Waals surface area contributed by atoms with Gasteiger partial charge in [0.15, 0.2) is 0 Å². The van der Waals surface area contributed by atoms with E-state index < -0.39 is 7.12 Å². The highest BCUT2D eigenvalue weighted by molar-refractivity contribution is 14.2. The Morgan fingerprint density at radius 2 is 2.38 bits per heavy atom. The highest BCUT2D eigenvalue weighted by Crippen LogP contribution is 2.33. The summed E-state index contributed by atoms with van der Waals surface area (Å²) in [6.45, 7) is 4.47. The van der Waals surface area contributed by atoms with Gasteiger partial charge in [-0.2, -0.15) is 0 Å². The third-order valence-corrected chi connectivity index (χ3v) is 3.77. The second-order valence-corrected chi connectivity index (χ2v) is 5.49. The standard InChI is InChI=1S/C10H13BIO3P/c1-3-9-10-6(2)4-7(15-16-12)5-8(10)11(13)14-9/h4-5,9,13,16H,3H2,1-2H3. The van der Waals surface area contributed by atoms with Crippen molar-refractivity contribution in [3.05, 3.63) is 23.3 Å². The van der Waals surface area contributed by atoms with E-state index >= 15 is 0 Å². The predicted molar refractivity (Wildman–Crippen MR) is 75.9 cm³/mol. The molecule has 3 nitrogen and oxygen atoms in total. The molecular formula is C10H13BIO3P. The number of aryl methyl sites for hydroxylation is 1. The molecule has 1 aromatic carbocycles. The zero-order valence-corrected chi connectivity index (χ0v) is 12.3. The predicted octanol–water partition coefficient (Wildman–Crippen LogP) is 2.49. The molecule has 0 saturated heterocycles. The first-order chi connectivity index (χ1) is 7.67. The van der Waals surface area contributed by atoms with Gasteiger partial charge in [0.1, 0.15) is 12.2 Å². The molecule has 1 aliphatic heterocycles. The first kappa shape index (κ1) is 12.6. The molecule has 6 heteroatoms. The van der Waals surface area contributed by atoms with Gasteiger partial charge in [0.25, 0.3) is 0 Å². The van der Waals surface area contributed by atoms with E-state index in [1.54, 1.807) is 0 Å². The number of fused-ring (bicyclic) bond motifs is 1. The lowest BCUT2D eigenvalue weighted by atomic mass is 9.78. The van der Waals surface area contributed by atoms with Gasteiger partial charge in [0.2, 0.25) is 0 Å². The Hall–Kier alpha value is 0.165. The van der Waals surface area contributed by atoms with Crippen LogP contribution in [-0.4, -0.2) is 12.1 Å². The fraction of sp³-hybridized carbons (Fsp3) is 0.400. The average Bonchev–Trinajstić information content (AvgIpc) is 2.57. The smallest absolute Gasteiger partial charge is 0.467 e. The molecule has 0 radical (unpaired) electrons. The Morgan fingerprint density at radius 3 is 3.00 bits per heavy atom. The van der Waals surface area contributed by atoms with E-state index in [0.717, 1.165) is 28.8 Å². The summed E-state index contributed by atoms with van der Waals surface area (Å²) >= 11 is 2.18. The molecule has 0 fully saturated rings. The van der Waals surface area contributed by atoms with Gasteiger partial charge >= 0.3 is 7.12 Å². The Bertz CT molecular complexity index is 402. The van der Waals surface area contributed by atoms with Crippen LogP contribution in [0.15, 0.2) is 12.1 Å². The van der Waals surface area contributed by atoms with Gasteiger partial charge in [0, 0.05) is 0 Å². The van der Waals surface area contributed by atoms with Crippen molar-refractivity contribution in [2.75, 3.05) is 0 Å². The average molecular weight is 350 g/mol. The van der Waals surface area contributed by atoms with Gasteiger partial charge in [-0.05, 0) is 64.1 Å². The Labute approximate surface area is 110 Å². The second-order valence-electron chi connectivity index (χ2n) is 3.81. The van der Waals surface area contributed by atoms with Gasteiger partial charge in [0.05, 0.1) is 6.10 Å². The number of rotatable bonds is 3. The van der Waals surface area contributed by atoms with Gasteiger partial charge in [-0.1, -0.05) is 6.92 Å². The minimum absolute atomic E-state index is 0.0149. The zero-order valence-electron chi connectivity index (χ0n) is 9.16. The maximum Gasteiger partial charge on any atom is 0.492 e. The molecule has 0 amide bonds. The van der Waals surface area contributed by atoms with Gasteiger partial charge in [-0.15, -0.1) is 0 Å². The van der Waals surface area contributed by atoms with Crippen LogP contribution in [0.2, 0.25) is 0 Å². The van der Waals surface area contributed by atoms with Crippen LogP contribution in [0.5, 0.6) is 5.75 Å². The van der Waals surface area contributed by atoms with Gasteiger partial charge in [-0.25, -0.2) is 0 Å². The second kappa shape index (κ2) is 5.21. The molecule has 1 aromatic rings. The molecule has 1 N–H and O–H groups in total. The highest BCUT2D eigenvalue weighted by Gasteiger charge is 2.35. The van der Waals surface area contributed by atoms with Crippen molar-refractivity contribution in [3.63, 3.8) is 0 Å². The maximum absolute atomic E-state index is 9.82. The molecule has 2 unspecified atom stereocenters. The van der Waals surface area contributed by atoms with E-state index in [1.165, 1.54) is 0 Å². The summed E-state index contributed by atoms with van der Waals surface area (Å²) in [5, 5.41) is 9.82. The number of benzene rings is 1. The molecule has 1 aliphatic rings. The molecule has 0 aliphatic carbocycles. The van der Waals surface area contributed by atoms with Crippen LogP contribution >= 0.6 is 28.5 Å². The van der Waals surface area contributed by atoms with Crippen LogP contribution in [0, 0.1) is 6.92 Å². The number of hydrogen-bond donors (Lipinski definition) is 1. The summed E-state index contributed by atoms with van der Waals surface area (Å²) in [6.07, 6.45) is 0.889. The number of halogens is 1. The normalized spacial score (nSPS) is 19.5. The van der Waals surface area contributed by atoms with E-state index in [1.807, 2.05) is 19.1 Å². The summed E-state index contributed by atoms with van der Waals surface area (Å²) in [7, 11) is -0.806. The maximum atomic E-state index is 9.82. The summed E-state index contributed by atoms with van der Waals surface area (Å²) in [5.74, 6) is 0.809. The van der Waals surface area contributed by atoms with Crippen molar-refractivity contribution in [2.24, 2.45) is 0 Å². The molecular weight excluding hydrogens is 337 g/mol. The Morgan fingerprint density at radius 1 is 1.62 bits per heavy atom. The quantitative estimate of drug-likeness (QED) is 0.517. The third kappa shape index (κ3) is 2.23. The number of hydrogen-bond acceptors (Lipinski definition) is 3. The van der Waals surface area contributed by atoms with Crippen LogP contribution in [0.1, 0.15) is 30.6 Å². The van der Waals surface area contributed by atoms with E-state index in [-0.39, 0.29) is 6.10 Å². The summed E-state index contributed by atoms with van der Waals surface area (Å²) in [6, 6.07) is 3.89. The lowest BCUT2D eigenvalue weighted by Gasteiger charge is -2.12. The van der Waals surface area contributed by atoms with Crippen LogP contribution in [-0.2, 0) is 4.65 Å². The molecule has 16 heavy (non-hydrogen) atoms. The first-order valence-corrected chi connectivity index (χ1v) is 9.20. The Kier molecular flexibility index (Phi) is 4.11. The third-order valence-electron chi connectivity index (χ3n) is 2.80. The molecule has 2 atom stereocenters. The SMILES string of the molecule is CCC1OB(O)c2cc(OPI)cc(C)c21. The minimum Gasteiger partial charge on any atom is -0.467 e. The summed E-state index contributed by atoms with van der Waals surface area (Å²) < 4.78 is 11.0. The van der Waals surface area contributed by atoms with Crippen LogP contribution < -0.4 is 9.99 Å². The Balaban J connectivity index is 2.44. The summed E-state index contributed by atoms with van der Waals surface area (Å²) in [5.41, 5.74) is 3.11. The van der Waals surface area contributed by atoms with E-state index in [4.69, 9.17) is 9.18 Å².